The SMILES string of the molecule is COc1cccc(CN=C(N)NC2CCCCC2)c1O.I. The molecule has 1 saturated carbocycles. The summed E-state index contributed by atoms with van der Waals surface area (Å²) in [5.41, 5.74) is 6.61. The van der Waals surface area contributed by atoms with E-state index < -0.39 is 0 Å². The summed E-state index contributed by atoms with van der Waals surface area (Å²) < 4.78 is 5.07. The Bertz CT molecular complexity index is 474. The quantitative estimate of drug-likeness (QED) is 0.409. The molecule has 1 aromatic rings. The summed E-state index contributed by atoms with van der Waals surface area (Å²) in [6.07, 6.45) is 6.12. The van der Waals surface area contributed by atoms with Crippen LogP contribution in [0.5, 0.6) is 11.5 Å². The number of nitrogens with one attached hydrogen (secondary N) is 1. The lowest BCUT2D eigenvalue weighted by molar-refractivity contribution is 0.370. The Morgan fingerprint density at radius 1 is 1.38 bits per heavy atom. The Kier molecular flexibility index (Phi) is 7.63. The number of aromatic hydroxyl groups is 1. The van der Waals surface area contributed by atoms with E-state index in [1.54, 1.807) is 6.07 Å². The lowest BCUT2D eigenvalue weighted by Gasteiger charge is -2.23. The highest BCUT2D eigenvalue weighted by Gasteiger charge is 2.13. The van der Waals surface area contributed by atoms with E-state index in [2.05, 4.69) is 10.3 Å². The van der Waals surface area contributed by atoms with Crippen molar-refractivity contribution >= 4 is 29.9 Å². The van der Waals surface area contributed by atoms with Crippen LogP contribution in [0.15, 0.2) is 23.2 Å². The number of hydrogen-bond donors (Lipinski definition) is 3. The highest BCUT2D eigenvalue weighted by molar-refractivity contribution is 14.0. The molecule has 4 N–H and O–H groups in total. The minimum atomic E-state index is 0. The predicted octanol–water partition coefficient (Wildman–Crippen LogP) is 2.76. The first kappa shape index (κ1) is 17.9. The molecule has 0 aliphatic heterocycles. The highest BCUT2D eigenvalue weighted by atomic mass is 127. The van der Waals surface area contributed by atoms with E-state index in [0.717, 1.165) is 12.8 Å². The maximum Gasteiger partial charge on any atom is 0.189 e. The van der Waals surface area contributed by atoms with E-state index >= 15 is 0 Å². The fourth-order valence-electron chi connectivity index (χ4n) is 2.53. The predicted molar refractivity (Wildman–Crippen MR) is 95.4 cm³/mol. The third kappa shape index (κ3) is 5.26. The van der Waals surface area contributed by atoms with Crippen molar-refractivity contribution in [1.29, 1.82) is 0 Å². The third-order valence-corrected chi connectivity index (χ3v) is 3.68. The van der Waals surface area contributed by atoms with Crippen molar-refractivity contribution in [3.63, 3.8) is 0 Å². The minimum Gasteiger partial charge on any atom is -0.504 e. The van der Waals surface area contributed by atoms with Gasteiger partial charge in [0.15, 0.2) is 17.5 Å². The smallest absolute Gasteiger partial charge is 0.189 e. The first-order chi connectivity index (χ1) is 9.70. The summed E-state index contributed by atoms with van der Waals surface area (Å²) in [6.45, 7) is 0.342. The molecular formula is C15H24IN3O2. The van der Waals surface area contributed by atoms with Crippen LogP contribution in [-0.4, -0.2) is 24.2 Å². The van der Waals surface area contributed by atoms with E-state index in [1.165, 1.54) is 26.4 Å². The van der Waals surface area contributed by atoms with Crippen LogP contribution >= 0.6 is 24.0 Å². The number of halogens is 1. The molecule has 0 bridgehead atoms. The number of methoxy groups -OCH3 is 1. The van der Waals surface area contributed by atoms with Gasteiger partial charge in [-0.05, 0) is 18.9 Å². The van der Waals surface area contributed by atoms with Crippen molar-refractivity contribution in [2.24, 2.45) is 10.7 Å². The molecule has 1 aliphatic carbocycles. The normalized spacial score (nSPS) is 16.1. The maximum atomic E-state index is 9.97. The second-order valence-corrected chi connectivity index (χ2v) is 5.15. The Hall–Kier alpha value is -1.18. The fourth-order valence-corrected chi connectivity index (χ4v) is 2.53. The van der Waals surface area contributed by atoms with E-state index in [0.29, 0.717) is 29.9 Å². The van der Waals surface area contributed by atoms with Gasteiger partial charge in [-0.2, -0.15) is 0 Å². The van der Waals surface area contributed by atoms with Crippen LogP contribution in [0.1, 0.15) is 37.7 Å². The molecule has 0 aromatic heterocycles. The molecule has 0 heterocycles. The maximum absolute atomic E-state index is 9.97. The van der Waals surface area contributed by atoms with E-state index in [9.17, 15) is 5.11 Å². The number of rotatable bonds is 4. The molecule has 0 radical (unpaired) electrons. The van der Waals surface area contributed by atoms with Gasteiger partial charge in [0.25, 0.3) is 0 Å². The zero-order valence-corrected chi connectivity index (χ0v) is 14.7. The van der Waals surface area contributed by atoms with Crippen molar-refractivity contribution in [1.82, 2.24) is 5.32 Å². The standard InChI is InChI=1S/C15H23N3O2.HI/c1-20-13-9-5-6-11(14(13)19)10-17-15(16)18-12-7-3-2-4-8-12;/h5-6,9,12,19H,2-4,7-8,10H2,1H3,(H3,16,17,18);1H. The number of nitrogens with two attached hydrogens (primary N) is 1. The van der Waals surface area contributed by atoms with Gasteiger partial charge in [0.05, 0.1) is 13.7 Å². The molecule has 6 heteroatoms. The molecule has 1 aromatic carbocycles. The average Bonchev–Trinajstić information content (AvgIpc) is 2.47. The Labute approximate surface area is 143 Å². The van der Waals surface area contributed by atoms with Crippen LogP contribution in [0.4, 0.5) is 0 Å². The molecule has 0 amide bonds. The van der Waals surface area contributed by atoms with Gasteiger partial charge >= 0.3 is 0 Å². The summed E-state index contributed by atoms with van der Waals surface area (Å²) in [5, 5.41) is 13.2. The van der Waals surface area contributed by atoms with Crippen molar-refractivity contribution in [3.8, 4) is 11.5 Å². The number of aliphatic imine (C=N–C) groups is 1. The summed E-state index contributed by atoms with van der Waals surface area (Å²) in [5.74, 6) is 1.03. The highest BCUT2D eigenvalue weighted by Crippen LogP contribution is 2.29. The molecule has 0 spiro atoms. The fraction of sp³-hybridized carbons (Fsp3) is 0.533. The average molecular weight is 405 g/mol. The second-order valence-electron chi connectivity index (χ2n) is 5.15. The van der Waals surface area contributed by atoms with Crippen molar-refractivity contribution in [2.75, 3.05) is 7.11 Å². The van der Waals surface area contributed by atoms with Crippen LogP contribution in [0, 0.1) is 0 Å². The molecule has 1 aliphatic rings. The first-order valence-electron chi connectivity index (χ1n) is 7.12. The zero-order valence-electron chi connectivity index (χ0n) is 12.3. The van der Waals surface area contributed by atoms with Gasteiger partial charge in [0.2, 0.25) is 0 Å². The van der Waals surface area contributed by atoms with Gasteiger partial charge in [-0.3, -0.25) is 0 Å². The van der Waals surface area contributed by atoms with Crippen LogP contribution in [0.2, 0.25) is 0 Å². The summed E-state index contributed by atoms with van der Waals surface area (Å²) in [7, 11) is 1.53. The first-order valence-corrected chi connectivity index (χ1v) is 7.12. The number of phenolic OH excluding ortho intramolecular Hbond substituents is 1. The molecule has 0 unspecified atom stereocenters. The van der Waals surface area contributed by atoms with Gasteiger partial charge in [0, 0.05) is 11.6 Å². The Morgan fingerprint density at radius 2 is 2.10 bits per heavy atom. The van der Waals surface area contributed by atoms with Gasteiger partial charge < -0.3 is 20.9 Å². The van der Waals surface area contributed by atoms with Crippen LogP contribution in [0.25, 0.3) is 0 Å². The largest absolute Gasteiger partial charge is 0.504 e. The molecule has 21 heavy (non-hydrogen) atoms. The molecule has 2 rings (SSSR count). The molecule has 5 nitrogen and oxygen atoms in total. The van der Waals surface area contributed by atoms with E-state index in [-0.39, 0.29) is 29.7 Å². The third-order valence-electron chi connectivity index (χ3n) is 3.68. The monoisotopic (exact) mass is 405 g/mol. The second kappa shape index (κ2) is 8.96. The minimum absolute atomic E-state index is 0. The van der Waals surface area contributed by atoms with Gasteiger partial charge in [0.1, 0.15) is 0 Å². The number of ether oxygens (including phenoxy) is 1. The zero-order chi connectivity index (χ0) is 14.4. The van der Waals surface area contributed by atoms with Gasteiger partial charge in [-0.15, -0.1) is 24.0 Å². The topological polar surface area (TPSA) is 79.9 Å². The van der Waals surface area contributed by atoms with E-state index in [1.807, 2.05) is 12.1 Å². The molecular weight excluding hydrogens is 381 g/mol. The lowest BCUT2D eigenvalue weighted by Crippen LogP contribution is -2.41. The summed E-state index contributed by atoms with van der Waals surface area (Å²) >= 11 is 0. The lowest BCUT2D eigenvalue weighted by atomic mass is 9.96. The van der Waals surface area contributed by atoms with Gasteiger partial charge in [-0.25, -0.2) is 4.99 Å². The Balaban J connectivity index is 0.00000220. The number of guanidine groups is 1. The van der Waals surface area contributed by atoms with Crippen molar-refractivity contribution < 1.29 is 9.84 Å². The molecule has 0 atom stereocenters. The van der Waals surface area contributed by atoms with E-state index in [4.69, 9.17) is 10.5 Å². The number of benzene rings is 1. The summed E-state index contributed by atoms with van der Waals surface area (Å²) in [4.78, 5) is 4.29. The van der Waals surface area contributed by atoms with Crippen molar-refractivity contribution in [2.45, 2.75) is 44.7 Å². The number of hydrogen-bond acceptors (Lipinski definition) is 3. The van der Waals surface area contributed by atoms with Crippen molar-refractivity contribution in [3.05, 3.63) is 23.8 Å². The van der Waals surface area contributed by atoms with Crippen LogP contribution in [-0.2, 0) is 6.54 Å². The van der Waals surface area contributed by atoms with Crippen LogP contribution < -0.4 is 15.8 Å². The number of para-hydroxylation sites is 1. The molecule has 1 fully saturated rings. The Morgan fingerprint density at radius 3 is 2.76 bits per heavy atom. The van der Waals surface area contributed by atoms with Crippen LogP contribution in [0.3, 0.4) is 0 Å². The molecule has 0 saturated heterocycles. The molecule has 118 valence electrons. The number of nitrogens with zero attached hydrogens (tertiary/aromatic N) is 1. The van der Waals surface area contributed by atoms with Gasteiger partial charge in [-0.1, -0.05) is 31.4 Å². The summed E-state index contributed by atoms with van der Waals surface area (Å²) in [6, 6.07) is 5.79. The number of phenols is 1.